The lowest BCUT2D eigenvalue weighted by Gasteiger charge is -2.28. The summed E-state index contributed by atoms with van der Waals surface area (Å²) in [4.78, 5) is 19.9. The Morgan fingerprint density at radius 1 is 1.00 bits per heavy atom. The summed E-state index contributed by atoms with van der Waals surface area (Å²) in [5.41, 5.74) is 10.0. The van der Waals surface area contributed by atoms with Gasteiger partial charge in [0.25, 0.3) is 0 Å². The van der Waals surface area contributed by atoms with Gasteiger partial charge in [0.05, 0.1) is 17.8 Å². The van der Waals surface area contributed by atoms with Gasteiger partial charge in [0, 0.05) is 41.9 Å². The SMILES string of the molecule is CCc1ccccc1NC(=O)CCN1C(=S)NC(c2ccccn2)C1c1cc(C)n(-c2cc(C)cc(C)c2)c1C. The summed E-state index contributed by atoms with van der Waals surface area (Å²) >= 11 is 5.87. The van der Waals surface area contributed by atoms with Gasteiger partial charge in [-0.3, -0.25) is 9.78 Å². The second-order valence-electron chi connectivity index (χ2n) is 10.6. The molecule has 1 saturated heterocycles. The molecule has 2 aromatic heterocycles. The van der Waals surface area contributed by atoms with E-state index in [1.165, 1.54) is 16.7 Å². The number of pyridine rings is 1. The molecule has 0 bridgehead atoms. The standard InChI is InChI=1S/C33H37N5OS/c1-6-25-11-7-8-12-28(25)35-30(39)14-16-37-32(31(36-33(37)40)29-13-9-10-15-34-29)27-20-23(4)38(24(27)5)26-18-21(2)17-22(3)19-26/h7-13,15,17-20,31-32H,6,14,16H2,1-5H3,(H,35,39)(H,36,40). The Labute approximate surface area is 242 Å². The lowest BCUT2D eigenvalue weighted by molar-refractivity contribution is -0.116. The van der Waals surface area contributed by atoms with Crippen molar-refractivity contribution in [3.05, 3.63) is 112 Å². The fourth-order valence-electron chi connectivity index (χ4n) is 5.93. The van der Waals surface area contributed by atoms with Crippen molar-refractivity contribution in [2.75, 3.05) is 11.9 Å². The number of nitrogens with one attached hydrogen (secondary N) is 2. The van der Waals surface area contributed by atoms with E-state index in [0.29, 0.717) is 18.1 Å². The smallest absolute Gasteiger partial charge is 0.226 e. The maximum atomic E-state index is 13.1. The zero-order valence-electron chi connectivity index (χ0n) is 23.9. The highest BCUT2D eigenvalue weighted by atomic mass is 32.1. The Morgan fingerprint density at radius 3 is 2.42 bits per heavy atom. The van der Waals surface area contributed by atoms with E-state index in [2.05, 4.69) is 84.0 Å². The van der Waals surface area contributed by atoms with Crippen LogP contribution in [0.15, 0.2) is 72.9 Å². The number of para-hydroxylation sites is 1. The second-order valence-corrected chi connectivity index (χ2v) is 11.0. The van der Waals surface area contributed by atoms with Crippen molar-refractivity contribution in [1.29, 1.82) is 0 Å². The summed E-state index contributed by atoms with van der Waals surface area (Å²) in [5, 5.41) is 7.27. The Morgan fingerprint density at radius 2 is 1.73 bits per heavy atom. The average Bonchev–Trinajstić information content (AvgIpc) is 3.41. The number of hydrogen-bond donors (Lipinski definition) is 2. The molecule has 2 N–H and O–H groups in total. The summed E-state index contributed by atoms with van der Waals surface area (Å²) in [6, 6.07) is 22.6. The Balaban J connectivity index is 1.48. The van der Waals surface area contributed by atoms with Gasteiger partial charge in [-0.25, -0.2) is 0 Å². The number of thiocarbonyl (C=S) groups is 1. The molecule has 4 aromatic rings. The number of aryl methyl sites for hydroxylation is 4. The van der Waals surface area contributed by atoms with Crippen molar-refractivity contribution in [3.63, 3.8) is 0 Å². The number of benzene rings is 2. The van der Waals surface area contributed by atoms with Crippen LogP contribution in [0.2, 0.25) is 0 Å². The Kier molecular flexibility index (Phi) is 8.03. The molecule has 0 saturated carbocycles. The number of carbonyl (C=O) groups is 1. The number of nitrogens with zero attached hydrogens (tertiary/aromatic N) is 3. The zero-order valence-corrected chi connectivity index (χ0v) is 24.7. The molecule has 3 heterocycles. The van der Waals surface area contributed by atoms with Crippen LogP contribution in [0.25, 0.3) is 5.69 Å². The maximum Gasteiger partial charge on any atom is 0.226 e. The third-order valence-corrected chi connectivity index (χ3v) is 8.06. The summed E-state index contributed by atoms with van der Waals surface area (Å²) < 4.78 is 2.32. The van der Waals surface area contributed by atoms with E-state index in [1.807, 2.05) is 48.7 Å². The van der Waals surface area contributed by atoms with Gasteiger partial charge in [-0.15, -0.1) is 0 Å². The summed E-state index contributed by atoms with van der Waals surface area (Å²) in [7, 11) is 0. The molecule has 2 unspecified atom stereocenters. The first kappa shape index (κ1) is 27.6. The molecule has 7 heteroatoms. The normalized spacial score (nSPS) is 16.7. The van der Waals surface area contributed by atoms with Gasteiger partial charge in [-0.1, -0.05) is 37.3 Å². The fraction of sp³-hybridized carbons (Fsp3) is 0.303. The second kappa shape index (κ2) is 11.6. The topological polar surface area (TPSA) is 62.2 Å². The first-order valence-electron chi connectivity index (χ1n) is 13.9. The molecule has 0 aliphatic carbocycles. The van der Waals surface area contributed by atoms with Gasteiger partial charge in [0.2, 0.25) is 5.91 Å². The molecule has 0 radical (unpaired) electrons. The minimum absolute atomic E-state index is 0.0237. The van der Waals surface area contributed by atoms with Crippen molar-refractivity contribution in [2.24, 2.45) is 0 Å². The van der Waals surface area contributed by atoms with Gasteiger partial charge >= 0.3 is 0 Å². The summed E-state index contributed by atoms with van der Waals surface area (Å²) in [6.45, 7) is 11.2. The monoisotopic (exact) mass is 551 g/mol. The van der Waals surface area contributed by atoms with Gasteiger partial charge in [-0.2, -0.15) is 0 Å². The largest absolute Gasteiger partial charge is 0.352 e. The van der Waals surface area contributed by atoms with Gasteiger partial charge in [-0.05, 0) is 105 Å². The van der Waals surface area contributed by atoms with Crippen LogP contribution in [0, 0.1) is 27.7 Å². The first-order chi connectivity index (χ1) is 19.3. The number of amides is 1. The highest BCUT2D eigenvalue weighted by Crippen LogP contribution is 2.41. The third-order valence-electron chi connectivity index (χ3n) is 7.70. The molecule has 6 nitrogen and oxygen atoms in total. The highest BCUT2D eigenvalue weighted by molar-refractivity contribution is 7.80. The minimum atomic E-state index is -0.134. The van der Waals surface area contributed by atoms with E-state index in [0.717, 1.165) is 40.4 Å². The molecule has 2 aromatic carbocycles. The van der Waals surface area contributed by atoms with E-state index in [-0.39, 0.29) is 18.0 Å². The zero-order chi connectivity index (χ0) is 28.4. The predicted molar refractivity (Wildman–Crippen MR) is 166 cm³/mol. The average molecular weight is 552 g/mol. The van der Waals surface area contributed by atoms with Crippen LogP contribution in [-0.4, -0.2) is 32.0 Å². The van der Waals surface area contributed by atoms with E-state index in [4.69, 9.17) is 12.2 Å². The van der Waals surface area contributed by atoms with Crippen molar-refractivity contribution < 1.29 is 4.79 Å². The molecule has 1 aliphatic heterocycles. The summed E-state index contributed by atoms with van der Waals surface area (Å²) in [6.07, 6.45) is 3.00. The van der Waals surface area contributed by atoms with Crippen LogP contribution in [0.5, 0.6) is 0 Å². The van der Waals surface area contributed by atoms with Crippen LogP contribution in [0.1, 0.15) is 64.8 Å². The highest BCUT2D eigenvalue weighted by Gasteiger charge is 2.41. The van der Waals surface area contributed by atoms with E-state index in [9.17, 15) is 4.79 Å². The third kappa shape index (κ3) is 5.52. The van der Waals surface area contributed by atoms with Crippen molar-refractivity contribution >= 4 is 28.9 Å². The van der Waals surface area contributed by atoms with E-state index >= 15 is 0 Å². The number of anilines is 1. The molecule has 1 amide bonds. The molecule has 1 aliphatic rings. The van der Waals surface area contributed by atoms with Crippen molar-refractivity contribution in [1.82, 2.24) is 19.8 Å². The molecule has 0 spiro atoms. The van der Waals surface area contributed by atoms with Gasteiger partial charge in [0.15, 0.2) is 5.11 Å². The van der Waals surface area contributed by atoms with Crippen LogP contribution < -0.4 is 10.6 Å². The van der Waals surface area contributed by atoms with Crippen LogP contribution in [0.4, 0.5) is 5.69 Å². The number of hydrogen-bond acceptors (Lipinski definition) is 3. The lowest BCUT2D eigenvalue weighted by Crippen LogP contribution is -2.33. The molecular weight excluding hydrogens is 514 g/mol. The lowest BCUT2D eigenvalue weighted by atomic mass is 9.96. The predicted octanol–water partition coefficient (Wildman–Crippen LogP) is 6.67. The van der Waals surface area contributed by atoms with E-state index < -0.39 is 0 Å². The number of rotatable bonds is 8. The van der Waals surface area contributed by atoms with E-state index in [1.54, 1.807) is 0 Å². The Hall–Kier alpha value is -3.97. The fourth-order valence-corrected chi connectivity index (χ4v) is 6.27. The molecule has 40 heavy (non-hydrogen) atoms. The quantitative estimate of drug-likeness (QED) is 0.240. The molecule has 2 atom stereocenters. The van der Waals surface area contributed by atoms with Crippen molar-refractivity contribution in [3.8, 4) is 5.69 Å². The first-order valence-corrected chi connectivity index (χ1v) is 14.3. The molecule has 206 valence electrons. The Bertz CT molecular complexity index is 1520. The van der Waals surface area contributed by atoms with Gasteiger partial charge in [0.1, 0.15) is 0 Å². The molecule has 1 fully saturated rings. The molecular formula is C33H37N5OS. The maximum absolute atomic E-state index is 13.1. The van der Waals surface area contributed by atoms with Gasteiger partial charge < -0.3 is 20.1 Å². The minimum Gasteiger partial charge on any atom is -0.352 e. The number of carbonyl (C=O) groups excluding carboxylic acids is 1. The summed E-state index contributed by atoms with van der Waals surface area (Å²) in [5.74, 6) is -0.0237. The van der Waals surface area contributed by atoms with Crippen LogP contribution in [0.3, 0.4) is 0 Å². The van der Waals surface area contributed by atoms with Crippen LogP contribution >= 0.6 is 12.2 Å². The van der Waals surface area contributed by atoms with Crippen molar-refractivity contribution in [2.45, 2.75) is 59.5 Å². The van der Waals surface area contributed by atoms with Crippen LogP contribution in [-0.2, 0) is 11.2 Å². The molecule has 5 rings (SSSR count). The number of aromatic nitrogens is 2.